The minimum absolute atomic E-state index is 0.640. The quantitative estimate of drug-likeness (QED) is 0.229. The van der Waals surface area contributed by atoms with Crippen molar-refractivity contribution < 1.29 is 0 Å². The van der Waals surface area contributed by atoms with E-state index in [9.17, 15) is 0 Å². The molecule has 2 N–H and O–H groups in total. The van der Waals surface area contributed by atoms with Crippen LogP contribution in [0.15, 0.2) is 67.2 Å². The molecule has 40 heavy (non-hydrogen) atoms. The molecule has 0 spiro atoms. The third kappa shape index (κ3) is 6.99. The number of hydrogen-bond acceptors (Lipinski definition) is 3. The average molecular weight is 536 g/mol. The number of fused-ring (bicyclic) bond motifs is 1. The second kappa shape index (κ2) is 14.0. The molecule has 5 rings (SSSR count). The predicted octanol–water partition coefficient (Wildman–Crippen LogP) is 8.23. The van der Waals surface area contributed by atoms with Crippen molar-refractivity contribution in [2.75, 3.05) is 43.4 Å². The summed E-state index contributed by atoms with van der Waals surface area (Å²) in [5, 5.41) is 6.95. The molecular formula is C37H49N3. The van der Waals surface area contributed by atoms with Gasteiger partial charge in [-0.25, -0.2) is 0 Å². The van der Waals surface area contributed by atoms with Gasteiger partial charge in [0.25, 0.3) is 0 Å². The summed E-state index contributed by atoms with van der Waals surface area (Å²) < 4.78 is 0. The number of unbranched alkanes of at least 4 members (excludes halogenated alkanes) is 2. The Morgan fingerprint density at radius 2 is 1.82 bits per heavy atom. The Balaban J connectivity index is 1.22. The number of benzene rings is 3. The lowest BCUT2D eigenvalue weighted by Crippen LogP contribution is -2.35. The first kappa shape index (κ1) is 28.5. The van der Waals surface area contributed by atoms with Gasteiger partial charge in [-0.3, -0.25) is 0 Å². The van der Waals surface area contributed by atoms with Gasteiger partial charge in [0.05, 0.1) is 0 Å². The molecule has 1 saturated heterocycles. The van der Waals surface area contributed by atoms with Crippen LogP contribution in [0.25, 0.3) is 6.08 Å². The minimum atomic E-state index is 0.640. The molecule has 2 heterocycles. The minimum Gasteiger partial charge on any atom is -0.388 e. The Labute approximate surface area is 243 Å². The van der Waals surface area contributed by atoms with Crippen LogP contribution >= 0.6 is 0 Å². The van der Waals surface area contributed by atoms with E-state index in [0.29, 0.717) is 11.8 Å². The zero-order chi connectivity index (χ0) is 27.7. The Kier molecular flexibility index (Phi) is 10.00. The Morgan fingerprint density at radius 3 is 2.62 bits per heavy atom. The fourth-order valence-electron chi connectivity index (χ4n) is 6.89. The van der Waals surface area contributed by atoms with Crippen LogP contribution in [0.1, 0.15) is 84.7 Å². The number of anilines is 2. The fourth-order valence-corrected chi connectivity index (χ4v) is 6.89. The molecule has 0 aromatic heterocycles. The molecule has 0 unspecified atom stereocenters. The van der Waals surface area contributed by atoms with Crippen LogP contribution < -0.4 is 15.5 Å². The van der Waals surface area contributed by atoms with Gasteiger partial charge in [-0.1, -0.05) is 74.9 Å². The van der Waals surface area contributed by atoms with Gasteiger partial charge >= 0.3 is 0 Å². The lowest BCUT2D eigenvalue weighted by molar-refractivity contribution is 0.309. The summed E-state index contributed by atoms with van der Waals surface area (Å²) >= 11 is 0. The van der Waals surface area contributed by atoms with E-state index in [1.54, 1.807) is 5.56 Å². The smallest absolute Gasteiger partial charge is 0.0411 e. The van der Waals surface area contributed by atoms with E-state index in [1.807, 2.05) is 13.1 Å². The molecule has 0 radical (unpaired) electrons. The normalized spacial score (nSPS) is 18.8. The molecule has 3 heteroatoms. The number of aryl methyl sites for hydroxylation is 2. The van der Waals surface area contributed by atoms with Gasteiger partial charge in [0, 0.05) is 31.5 Å². The van der Waals surface area contributed by atoms with Gasteiger partial charge in [0.15, 0.2) is 0 Å². The van der Waals surface area contributed by atoms with Crippen LogP contribution in [0.4, 0.5) is 11.4 Å². The van der Waals surface area contributed by atoms with E-state index in [4.69, 9.17) is 0 Å². The standard InChI is InChI=1S/C37H49N3/c1-4-6-7-22-40-23-8-9-33-17-12-29(26-37(33)40)13-18-34-27-39-21-20-35(34)32-15-10-28(11-16-32)24-30-14-19-36(38-3)31(5-2)25-30/h5,10-12,14-17,19,25-26,34-35,38-39H,2,4,6-9,13,18,20-24,27H2,1,3H3/t34-,35+/m0/s1. The van der Waals surface area contributed by atoms with Crippen molar-refractivity contribution in [1.29, 1.82) is 0 Å². The summed E-state index contributed by atoms with van der Waals surface area (Å²) in [6.07, 6.45) is 13.0. The third-order valence-corrected chi connectivity index (χ3v) is 9.23. The highest BCUT2D eigenvalue weighted by Gasteiger charge is 2.26. The molecule has 3 aromatic carbocycles. The summed E-state index contributed by atoms with van der Waals surface area (Å²) in [5.41, 5.74) is 11.1. The zero-order valence-corrected chi connectivity index (χ0v) is 24.9. The molecule has 3 nitrogen and oxygen atoms in total. The van der Waals surface area contributed by atoms with Crippen molar-refractivity contribution in [3.05, 3.63) is 101 Å². The average Bonchev–Trinajstić information content (AvgIpc) is 3.00. The number of rotatable bonds is 12. The van der Waals surface area contributed by atoms with Crippen LogP contribution in [-0.2, 0) is 19.3 Å². The molecular weight excluding hydrogens is 486 g/mol. The second-order valence-electron chi connectivity index (χ2n) is 12.0. The molecule has 1 fully saturated rings. The first-order valence-electron chi connectivity index (χ1n) is 15.8. The van der Waals surface area contributed by atoms with Gasteiger partial charge in [-0.2, -0.15) is 0 Å². The van der Waals surface area contributed by atoms with Crippen molar-refractivity contribution in [2.45, 2.75) is 70.6 Å². The van der Waals surface area contributed by atoms with Crippen LogP contribution in [0.2, 0.25) is 0 Å². The summed E-state index contributed by atoms with van der Waals surface area (Å²) in [6, 6.07) is 23.5. The third-order valence-electron chi connectivity index (χ3n) is 9.23. The topological polar surface area (TPSA) is 27.3 Å². The molecule has 0 saturated carbocycles. The van der Waals surface area contributed by atoms with Gasteiger partial charge in [0.1, 0.15) is 0 Å². The van der Waals surface area contributed by atoms with E-state index < -0.39 is 0 Å². The molecule has 0 bridgehead atoms. The first-order chi connectivity index (χ1) is 19.7. The molecule has 2 aliphatic rings. The molecule has 212 valence electrons. The van der Waals surface area contributed by atoms with Gasteiger partial charge in [-0.15, -0.1) is 0 Å². The summed E-state index contributed by atoms with van der Waals surface area (Å²) in [6.45, 7) is 11.0. The van der Waals surface area contributed by atoms with Crippen LogP contribution in [0.5, 0.6) is 0 Å². The summed E-state index contributed by atoms with van der Waals surface area (Å²) in [7, 11) is 1.96. The van der Waals surface area contributed by atoms with E-state index in [0.717, 1.165) is 30.8 Å². The monoisotopic (exact) mass is 535 g/mol. The highest BCUT2D eigenvalue weighted by atomic mass is 15.1. The summed E-state index contributed by atoms with van der Waals surface area (Å²) in [5.74, 6) is 1.32. The van der Waals surface area contributed by atoms with Crippen molar-refractivity contribution in [3.63, 3.8) is 0 Å². The van der Waals surface area contributed by atoms with Gasteiger partial charge in [0.2, 0.25) is 0 Å². The molecule has 0 amide bonds. The maximum Gasteiger partial charge on any atom is 0.0411 e. The zero-order valence-electron chi connectivity index (χ0n) is 24.9. The SMILES string of the molecule is C=Cc1cc(Cc2ccc([C@H]3CCNC[C@@H]3CCc3ccc4c(c3)N(CCCCC)CCC4)cc2)ccc1NC. The summed E-state index contributed by atoms with van der Waals surface area (Å²) in [4.78, 5) is 2.66. The predicted molar refractivity (Wildman–Crippen MR) is 174 cm³/mol. The highest BCUT2D eigenvalue weighted by molar-refractivity contribution is 5.66. The van der Waals surface area contributed by atoms with Crippen molar-refractivity contribution >= 4 is 17.5 Å². The van der Waals surface area contributed by atoms with E-state index >= 15 is 0 Å². The maximum absolute atomic E-state index is 3.98. The second-order valence-corrected chi connectivity index (χ2v) is 12.0. The van der Waals surface area contributed by atoms with Gasteiger partial charge in [-0.05, 0) is 121 Å². The number of hydrogen-bond donors (Lipinski definition) is 2. The maximum atomic E-state index is 3.98. The van der Waals surface area contributed by atoms with Gasteiger partial charge < -0.3 is 15.5 Å². The fraction of sp³-hybridized carbons (Fsp3) is 0.459. The largest absolute Gasteiger partial charge is 0.388 e. The van der Waals surface area contributed by atoms with Crippen molar-refractivity contribution in [3.8, 4) is 0 Å². The molecule has 2 atom stereocenters. The molecule has 0 aliphatic carbocycles. The van der Waals surface area contributed by atoms with Crippen LogP contribution in [-0.4, -0.2) is 33.2 Å². The Morgan fingerprint density at radius 1 is 1.00 bits per heavy atom. The highest BCUT2D eigenvalue weighted by Crippen LogP contribution is 2.35. The molecule has 3 aromatic rings. The van der Waals surface area contributed by atoms with Crippen molar-refractivity contribution in [2.24, 2.45) is 5.92 Å². The van der Waals surface area contributed by atoms with E-state index in [1.165, 1.54) is 92.4 Å². The van der Waals surface area contributed by atoms with E-state index in [2.05, 4.69) is 89.7 Å². The van der Waals surface area contributed by atoms with E-state index in [-0.39, 0.29) is 0 Å². The van der Waals surface area contributed by atoms with Crippen molar-refractivity contribution in [1.82, 2.24) is 5.32 Å². The number of piperidine rings is 1. The number of nitrogens with zero attached hydrogens (tertiary/aromatic N) is 1. The lowest BCUT2D eigenvalue weighted by Gasteiger charge is -2.34. The van der Waals surface area contributed by atoms with Crippen LogP contribution in [0, 0.1) is 5.92 Å². The molecule has 2 aliphatic heterocycles. The Hall–Kier alpha value is -3.04. The Bertz CT molecular complexity index is 1240. The first-order valence-corrected chi connectivity index (χ1v) is 15.8. The number of nitrogens with one attached hydrogen (secondary N) is 2. The van der Waals surface area contributed by atoms with Crippen LogP contribution in [0.3, 0.4) is 0 Å². The lowest BCUT2D eigenvalue weighted by atomic mass is 9.78.